The largest absolute Gasteiger partial charge is 0.382 e. The van der Waals surface area contributed by atoms with E-state index in [1.165, 1.54) is 19.3 Å². The molecule has 1 N–H and O–H groups in total. The molecule has 0 radical (unpaired) electrons. The third-order valence-electron chi connectivity index (χ3n) is 4.99. The molecule has 0 heterocycles. The summed E-state index contributed by atoms with van der Waals surface area (Å²) in [6.07, 6.45) is 5.94. The van der Waals surface area contributed by atoms with E-state index in [0.29, 0.717) is 32.8 Å². The molecule has 2 aliphatic rings. The van der Waals surface area contributed by atoms with Crippen molar-refractivity contribution >= 4 is 33.2 Å². The number of ketones is 2. The lowest BCUT2D eigenvalue weighted by molar-refractivity contribution is 0.0979. The molecule has 0 aromatic heterocycles. The van der Waals surface area contributed by atoms with Crippen molar-refractivity contribution in [3.05, 3.63) is 63.1 Å². The average Bonchev–Trinajstić information content (AvgIpc) is 2.62. The second-order valence-electron chi connectivity index (χ2n) is 6.53. The average molecular weight is 384 g/mol. The highest BCUT2D eigenvalue weighted by atomic mass is 79.9. The predicted octanol–water partition coefficient (Wildman–Crippen LogP) is 4.97. The lowest BCUT2D eigenvalue weighted by Crippen LogP contribution is -2.27. The third-order valence-corrected chi connectivity index (χ3v) is 5.65. The summed E-state index contributed by atoms with van der Waals surface area (Å²) in [5, 5.41) is 3.52. The van der Waals surface area contributed by atoms with Crippen LogP contribution in [0.2, 0.25) is 0 Å². The number of carbonyl (C=O) groups is 2. The highest BCUT2D eigenvalue weighted by Crippen LogP contribution is 2.37. The molecule has 0 spiro atoms. The molecule has 0 amide bonds. The molecule has 1 saturated carbocycles. The summed E-state index contributed by atoms with van der Waals surface area (Å²) < 4.78 is 0.680. The number of hydrogen-bond donors (Lipinski definition) is 1. The first-order valence-corrected chi connectivity index (χ1v) is 9.23. The number of carbonyl (C=O) groups excluding carboxylic acids is 2. The summed E-state index contributed by atoms with van der Waals surface area (Å²) in [4.78, 5) is 26.0. The van der Waals surface area contributed by atoms with E-state index in [0.717, 1.165) is 18.5 Å². The van der Waals surface area contributed by atoms with Crippen LogP contribution in [0.25, 0.3) is 0 Å². The molecule has 0 unspecified atom stereocenters. The van der Waals surface area contributed by atoms with Gasteiger partial charge in [0.1, 0.15) is 0 Å². The van der Waals surface area contributed by atoms with Gasteiger partial charge in [-0.25, -0.2) is 0 Å². The number of fused-ring (bicyclic) bond motifs is 2. The summed E-state index contributed by atoms with van der Waals surface area (Å²) in [5.74, 6) is -0.154. The Morgan fingerprint density at radius 1 is 0.833 bits per heavy atom. The minimum atomic E-state index is -0.0839. The molecule has 24 heavy (non-hydrogen) atoms. The van der Waals surface area contributed by atoms with Gasteiger partial charge in [0.15, 0.2) is 11.6 Å². The van der Waals surface area contributed by atoms with Crippen LogP contribution < -0.4 is 5.32 Å². The van der Waals surface area contributed by atoms with Crippen LogP contribution in [0.15, 0.2) is 40.9 Å². The number of rotatable bonds is 2. The molecular formula is C20H18BrNO2. The van der Waals surface area contributed by atoms with Gasteiger partial charge in [-0.05, 0) is 25.0 Å². The molecule has 0 aliphatic heterocycles. The molecule has 3 nitrogen and oxygen atoms in total. The summed E-state index contributed by atoms with van der Waals surface area (Å²) in [6.45, 7) is 0. The van der Waals surface area contributed by atoms with E-state index < -0.39 is 0 Å². The van der Waals surface area contributed by atoms with Crippen LogP contribution in [-0.2, 0) is 0 Å². The summed E-state index contributed by atoms with van der Waals surface area (Å²) >= 11 is 3.46. The van der Waals surface area contributed by atoms with Crippen LogP contribution in [0, 0.1) is 0 Å². The molecule has 2 aromatic rings. The fourth-order valence-corrected chi connectivity index (χ4v) is 4.28. The first-order valence-electron chi connectivity index (χ1n) is 8.44. The van der Waals surface area contributed by atoms with Gasteiger partial charge in [0.2, 0.25) is 0 Å². The Morgan fingerprint density at radius 2 is 1.46 bits per heavy atom. The fraction of sp³-hybridized carbons (Fsp3) is 0.300. The maximum Gasteiger partial charge on any atom is 0.196 e. The standard InChI is InChI=1S/C20H18BrNO2/c21-15-10-11-16(22-12-6-2-1-3-7-12)18-17(15)19(23)13-8-4-5-9-14(13)20(18)24/h4-5,8-12,22H,1-3,6-7H2. The van der Waals surface area contributed by atoms with Crippen molar-refractivity contribution in [1.82, 2.24) is 0 Å². The fourth-order valence-electron chi connectivity index (χ4n) is 3.77. The van der Waals surface area contributed by atoms with Crippen molar-refractivity contribution in [3.63, 3.8) is 0 Å². The molecule has 0 bridgehead atoms. The molecule has 4 rings (SSSR count). The predicted molar refractivity (Wildman–Crippen MR) is 97.9 cm³/mol. The van der Waals surface area contributed by atoms with Gasteiger partial charge in [-0.3, -0.25) is 9.59 Å². The van der Waals surface area contributed by atoms with E-state index >= 15 is 0 Å². The molecule has 2 aromatic carbocycles. The quantitative estimate of drug-likeness (QED) is 0.679. The highest BCUT2D eigenvalue weighted by Gasteiger charge is 2.33. The van der Waals surface area contributed by atoms with Crippen LogP contribution in [0.3, 0.4) is 0 Å². The normalized spacial score (nSPS) is 17.4. The van der Waals surface area contributed by atoms with Gasteiger partial charge in [0, 0.05) is 32.9 Å². The first kappa shape index (κ1) is 15.6. The summed E-state index contributed by atoms with van der Waals surface area (Å²) in [5.41, 5.74) is 2.77. The van der Waals surface area contributed by atoms with E-state index in [-0.39, 0.29) is 11.6 Å². The summed E-state index contributed by atoms with van der Waals surface area (Å²) in [6, 6.07) is 11.2. The van der Waals surface area contributed by atoms with Gasteiger partial charge >= 0.3 is 0 Å². The molecule has 0 atom stereocenters. The molecular weight excluding hydrogens is 366 g/mol. The number of anilines is 1. The van der Waals surface area contributed by atoms with E-state index in [1.54, 1.807) is 24.3 Å². The molecule has 4 heteroatoms. The van der Waals surface area contributed by atoms with Gasteiger partial charge in [-0.1, -0.05) is 59.5 Å². The Labute approximate surface area is 149 Å². The molecule has 122 valence electrons. The molecule has 1 fully saturated rings. The maximum atomic E-state index is 13.1. The smallest absolute Gasteiger partial charge is 0.196 e. The zero-order valence-electron chi connectivity index (χ0n) is 13.3. The SMILES string of the molecule is O=C1c2ccccc2C(=O)c2c(NC3CCCCC3)ccc(Br)c21. The van der Waals surface area contributed by atoms with Crippen LogP contribution >= 0.6 is 15.9 Å². The Morgan fingerprint density at radius 3 is 2.12 bits per heavy atom. The van der Waals surface area contributed by atoms with E-state index in [9.17, 15) is 9.59 Å². The summed E-state index contributed by atoms with van der Waals surface area (Å²) in [7, 11) is 0. The van der Waals surface area contributed by atoms with Crippen LogP contribution in [0.4, 0.5) is 5.69 Å². The van der Waals surface area contributed by atoms with Gasteiger partial charge in [0.25, 0.3) is 0 Å². The molecule has 0 saturated heterocycles. The van der Waals surface area contributed by atoms with Crippen LogP contribution in [0.5, 0.6) is 0 Å². The second kappa shape index (κ2) is 6.17. The van der Waals surface area contributed by atoms with Gasteiger partial charge in [-0.15, -0.1) is 0 Å². The Hall–Kier alpha value is -1.94. The van der Waals surface area contributed by atoms with Crippen molar-refractivity contribution in [3.8, 4) is 0 Å². The monoisotopic (exact) mass is 383 g/mol. The Kier molecular flexibility index (Phi) is 4.01. The van der Waals surface area contributed by atoms with E-state index in [4.69, 9.17) is 0 Å². The van der Waals surface area contributed by atoms with Crippen molar-refractivity contribution in [2.45, 2.75) is 38.1 Å². The number of nitrogens with one attached hydrogen (secondary N) is 1. The zero-order chi connectivity index (χ0) is 16.7. The van der Waals surface area contributed by atoms with Gasteiger partial charge in [0.05, 0.1) is 5.56 Å². The number of hydrogen-bond acceptors (Lipinski definition) is 3. The van der Waals surface area contributed by atoms with Crippen molar-refractivity contribution < 1.29 is 9.59 Å². The Bertz CT molecular complexity index is 838. The minimum Gasteiger partial charge on any atom is -0.382 e. The van der Waals surface area contributed by atoms with Crippen molar-refractivity contribution in [2.75, 3.05) is 5.32 Å². The zero-order valence-corrected chi connectivity index (χ0v) is 14.9. The van der Waals surface area contributed by atoms with E-state index in [2.05, 4.69) is 21.2 Å². The number of benzene rings is 2. The molecule has 2 aliphatic carbocycles. The van der Waals surface area contributed by atoms with Crippen molar-refractivity contribution in [2.24, 2.45) is 0 Å². The van der Waals surface area contributed by atoms with Crippen molar-refractivity contribution in [1.29, 1.82) is 0 Å². The first-order chi connectivity index (χ1) is 11.7. The highest BCUT2D eigenvalue weighted by molar-refractivity contribution is 9.10. The van der Waals surface area contributed by atoms with Crippen LogP contribution in [0.1, 0.15) is 63.9 Å². The van der Waals surface area contributed by atoms with Gasteiger partial charge in [-0.2, -0.15) is 0 Å². The number of halogens is 1. The lowest BCUT2D eigenvalue weighted by Gasteiger charge is -2.27. The maximum absolute atomic E-state index is 13.1. The van der Waals surface area contributed by atoms with Gasteiger partial charge < -0.3 is 5.32 Å². The second-order valence-corrected chi connectivity index (χ2v) is 7.38. The Balaban J connectivity index is 1.82. The topological polar surface area (TPSA) is 46.2 Å². The van der Waals surface area contributed by atoms with Crippen LogP contribution in [-0.4, -0.2) is 17.6 Å². The third kappa shape index (κ3) is 2.49. The lowest BCUT2D eigenvalue weighted by atomic mass is 9.83. The van der Waals surface area contributed by atoms with E-state index in [1.807, 2.05) is 12.1 Å². The minimum absolute atomic E-state index is 0.0696.